The Hall–Kier alpha value is -6.53. The van der Waals surface area contributed by atoms with Crippen molar-refractivity contribution in [2.75, 3.05) is 0 Å². The molecule has 0 aliphatic carbocycles. The fraction of sp³-hybridized carbons (Fsp3) is 0. The molecule has 5 aromatic heterocycles. The molecule has 0 N–H and O–H groups in total. The van der Waals surface area contributed by atoms with E-state index >= 15 is 0 Å². The minimum atomic E-state index is 0.605. The molecule has 0 aliphatic rings. The SMILES string of the molecule is c1ccc2c(c1)oc1cccc(-c3nc(-c4cccc5oc6ccccc6c45)c4nc5c6ccccc6c6ccccc6n5c4n3)c12. The molecule has 6 aromatic carbocycles. The van der Waals surface area contributed by atoms with Crippen molar-refractivity contribution in [1.29, 1.82) is 0 Å². The lowest BCUT2D eigenvalue weighted by Crippen LogP contribution is -1.98. The van der Waals surface area contributed by atoms with Crippen LogP contribution in [0.25, 0.3) is 105 Å². The van der Waals surface area contributed by atoms with Gasteiger partial charge in [0.15, 0.2) is 11.5 Å². The van der Waals surface area contributed by atoms with E-state index in [4.69, 9.17) is 23.8 Å². The van der Waals surface area contributed by atoms with Crippen LogP contribution in [0.15, 0.2) is 142 Å². The topological polar surface area (TPSA) is 69.4 Å². The van der Waals surface area contributed by atoms with E-state index in [9.17, 15) is 0 Å². The molecule has 0 unspecified atom stereocenters. The van der Waals surface area contributed by atoms with Crippen LogP contribution in [0.5, 0.6) is 0 Å². The van der Waals surface area contributed by atoms with Gasteiger partial charge in [-0.1, -0.05) is 103 Å². The molecule has 0 atom stereocenters. The number of furan rings is 2. The largest absolute Gasteiger partial charge is 0.456 e. The fourth-order valence-corrected chi connectivity index (χ4v) is 7.42. The molecular weight excluding hydrogens is 580 g/mol. The first-order chi connectivity index (χ1) is 23.3. The molecular formula is C41H22N4O2. The van der Waals surface area contributed by atoms with Gasteiger partial charge in [0.2, 0.25) is 0 Å². The van der Waals surface area contributed by atoms with E-state index in [1.807, 2.05) is 60.7 Å². The molecule has 11 aromatic rings. The molecule has 6 nitrogen and oxygen atoms in total. The number of hydrogen-bond donors (Lipinski definition) is 0. The molecule has 6 heteroatoms. The van der Waals surface area contributed by atoms with E-state index < -0.39 is 0 Å². The lowest BCUT2D eigenvalue weighted by atomic mass is 10.0. The van der Waals surface area contributed by atoms with Crippen molar-refractivity contribution in [3.05, 3.63) is 133 Å². The maximum Gasteiger partial charge on any atom is 0.169 e. The molecule has 0 spiro atoms. The summed E-state index contributed by atoms with van der Waals surface area (Å²) in [6.07, 6.45) is 0. The third-order valence-corrected chi connectivity index (χ3v) is 9.41. The molecule has 0 radical (unpaired) electrons. The van der Waals surface area contributed by atoms with E-state index in [0.717, 1.165) is 99.2 Å². The van der Waals surface area contributed by atoms with Gasteiger partial charge in [-0.2, -0.15) is 0 Å². The number of pyridine rings is 1. The maximum atomic E-state index is 6.33. The van der Waals surface area contributed by atoms with E-state index in [0.29, 0.717) is 5.82 Å². The number of nitrogens with zero attached hydrogens (tertiary/aromatic N) is 4. The maximum absolute atomic E-state index is 6.33. The quantitative estimate of drug-likeness (QED) is 0.184. The van der Waals surface area contributed by atoms with Crippen LogP contribution in [-0.4, -0.2) is 19.4 Å². The zero-order valence-electron chi connectivity index (χ0n) is 24.8. The molecule has 0 bridgehead atoms. The van der Waals surface area contributed by atoms with Crippen molar-refractivity contribution in [3.63, 3.8) is 0 Å². The smallest absolute Gasteiger partial charge is 0.169 e. The third-order valence-electron chi connectivity index (χ3n) is 9.41. The van der Waals surface area contributed by atoms with Crippen LogP contribution in [0.2, 0.25) is 0 Å². The monoisotopic (exact) mass is 602 g/mol. The van der Waals surface area contributed by atoms with Crippen LogP contribution in [0.4, 0.5) is 0 Å². The number of imidazole rings is 1. The second-order valence-corrected chi connectivity index (χ2v) is 12.0. The highest BCUT2D eigenvalue weighted by Gasteiger charge is 2.24. The van der Waals surface area contributed by atoms with Gasteiger partial charge in [-0.15, -0.1) is 0 Å². The van der Waals surface area contributed by atoms with E-state index in [-0.39, 0.29) is 0 Å². The van der Waals surface area contributed by atoms with Gasteiger partial charge in [0.05, 0.1) is 5.52 Å². The van der Waals surface area contributed by atoms with Crippen molar-refractivity contribution in [2.24, 2.45) is 0 Å². The number of aromatic nitrogens is 4. The summed E-state index contributed by atoms with van der Waals surface area (Å²) in [6.45, 7) is 0. The molecule has 0 saturated carbocycles. The van der Waals surface area contributed by atoms with Crippen LogP contribution in [0, 0.1) is 0 Å². The Bertz CT molecular complexity index is 3090. The van der Waals surface area contributed by atoms with Gasteiger partial charge in [-0.3, -0.25) is 4.40 Å². The predicted molar refractivity (Wildman–Crippen MR) is 189 cm³/mol. The van der Waals surface area contributed by atoms with Crippen LogP contribution in [0.1, 0.15) is 0 Å². The second-order valence-electron chi connectivity index (χ2n) is 12.0. The van der Waals surface area contributed by atoms with Gasteiger partial charge >= 0.3 is 0 Å². The lowest BCUT2D eigenvalue weighted by molar-refractivity contribution is 0.668. The van der Waals surface area contributed by atoms with Crippen molar-refractivity contribution in [3.8, 4) is 22.6 Å². The van der Waals surface area contributed by atoms with Crippen LogP contribution in [-0.2, 0) is 0 Å². The average Bonchev–Trinajstić information content (AvgIpc) is 3.83. The van der Waals surface area contributed by atoms with E-state index in [1.54, 1.807) is 0 Å². The molecule has 0 fully saturated rings. The summed E-state index contributed by atoms with van der Waals surface area (Å²) >= 11 is 0. The predicted octanol–water partition coefficient (Wildman–Crippen LogP) is 10.7. The first-order valence-corrected chi connectivity index (χ1v) is 15.6. The number of rotatable bonds is 2. The molecule has 5 heterocycles. The zero-order chi connectivity index (χ0) is 30.6. The van der Waals surface area contributed by atoms with Crippen molar-refractivity contribution < 1.29 is 8.83 Å². The Morgan fingerprint density at radius 2 is 0.957 bits per heavy atom. The second kappa shape index (κ2) is 9.02. The van der Waals surface area contributed by atoms with E-state index in [1.165, 1.54) is 0 Å². The number of hydrogen-bond acceptors (Lipinski definition) is 5. The molecule has 0 saturated heterocycles. The molecule has 218 valence electrons. The third kappa shape index (κ3) is 3.31. The number of para-hydroxylation sites is 3. The molecule has 47 heavy (non-hydrogen) atoms. The summed E-state index contributed by atoms with van der Waals surface area (Å²) in [5, 5.41) is 7.42. The minimum absolute atomic E-state index is 0.605. The summed E-state index contributed by atoms with van der Waals surface area (Å²) in [4.78, 5) is 16.1. The van der Waals surface area contributed by atoms with E-state index in [2.05, 4.69) is 77.2 Å². The van der Waals surface area contributed by atoms with Crippen LogP contribution < -0.4 is 0 Å². The Kier molecular flexibility index (Phi) is 4.75. The summed E-state index contributed by atoms with van der Waals surface area (Å²) in [5.41, 5.74) is 9.24. The summed E-state index contributed by atoms with van der Waals surface area (Å²) in [5.74, 6) is 0.605. The highest BCUT2D eigenvalue weighted by Crippen LogP contribution is 2.42. The zero-order valence-corrected chi connectivity index (χ0v) is 24.8. The summed E-state index contributed by atoms with van der Waals surface area (Å²) < 4.78 is 14.8. The van der Waals surface area contributed by atoms with Gasteiger partial charge in [0.1, 0.15) is 39.2 Å². The normalized spacial score (nSPS) is 12.3. The summed E-state index contributed by atoms with van der Waals surface area (Å²) in [7, 11) is 0. The Labute approximate surface area is 266 Å². The Morgan fingerprint density at radius 1 is 0.404 bits per heavy atom. The lowest BCUT2D eigenvalue weighted by Gasteiger charge is -2.10. The highest BCUT2D eigenvalue weighted by atomic mass is 16.3. The highest BCUT2D eigenvalue weighted by molar-refractivity contribution is 6.17. The fourth-order valence-electron chi connectivity index (χ4n) is 7.42. The average molecular weight is 603 g/mol. The van der Waals surface area contributed by atoms with Crippen LogP contribution >= 0.6 is 0 Å². The molecule has 11 rings (SSSR count). The van der Waals surface area contributed by atoms with Crippen molar-refractivity contribution in [1.82, 2.24) is 19.4 Å². The standard InChI is InChI=1S/C41H22N4O2/c1-2-13-25-23(11-1)24-12-3-6-18-30(24)45-40(25)43-38-37(28-16-9-21-33-35(28)26-14-4-7-19-31(26)46-33)42-39(44-41(38)45)29-17-10-22-34-36(29)27-15-5-8-20-32(27)47-34/h1-22H. The number of fused-ring (bicyclic) bond motifs is 14. The number of benzene rings is 6. The van der Waals surface area contributed by atoms with Gasteiger partial charge in [0.25, 0.3) is 0 Å². The van der Waals surface area contributed by atoms with Gasteiger partial charge in [-0.05, 0) is 35.7 Å². The Morgan fingerprint density at radius 3 is 1.68 bits per heavy atom. The van der Waals surface area contributed by atoms with Crippen molar-refractivity contribution >= 4 is 82.4 Å². The van der Waals surface area contributed by atoms with Crippen LogP contribution in [0.3, 0.4) is 0 Å². The first kappa shape index (κ1) is 24.8. The first-order valence-electron chi connectivity index (χ1n) is 15.6. The minimum Gasteiger partial charge on any atom is -0.456 e. The summed E-state index contributed by atoms with van der Waals surface area (Å²) in [6, 6.07) is 45.5. The Balaban J connectivity index is 1.36. The van der Waals surface area contributed by atoms with Crippen molar-refractivity contribution in [2.45, 2.75) is 0 Å². The van der Waals surface area contributed by atoms with Gasteiger partial charge < -0.3 is 8.83 Å². The molecule has 0 aliphatic heterocycles. The van der Waals surface area contributed by atoms with Gasteiger partial charge in [0, 0.05) is 43.4 Å². The molecule has 0 amide bonds. The van der Waals surface area contributed by atoms with Gasteiger partial charge in [-0.25, -0.2) is 15.0 Å².